The van der Waals surface area contributed by atoms with Crippen LogP contribution in [0.15, 0.2) is 42.5 Å². The van der Waals surface area contributed by atoms with Crippen LogP contribution in [0.4, 0.5) is 5.69 Å². The highest BCUT2D eigenvalue weighted by atomic mass is 35.5. The van der Waals surface area contributed by atoms with Crippen LogP contribution in [0.3, 0.4) is 0 Å². The summed E-state index contributed by atoms with van der Waals surface area (Å²) in [7, 11) is 1.39. The van der Waals surface area contributed by atoms with Crippen molar-refractivity contribution in [3.63, 3.8) is 0 Å². The lowest BCUT2D eigenvalue weighted by Crippen LogP contribution is -2.25. The number of carbonyl (C=O) groups excluding carboxylic acids is 1. The van der Waals surface area contributed by atoms with Crippen molar-refractivity contribution in [2.24, 2.45) is 0 Å². The third-order valence-corrected chi connectivity index (χ3v) is 6.88. The second kappa shape index (κ2) is 11.4. The quantitative estimate of drug-likeness (QED) is 0.355. The number of nitrogens with zero attached hydrogens (tertiary/aromatic N) is 4. The Hall–Kier alpha value is -2.61. The van der Waals surface area contributed by atoms with E-state index in [0.29, 0.717) is 27.9 Å². The molecule has 0 saturated carbocycles. The molecule has 0 amide bonds. The molecule has 3 aromatic rings. The van der Waals surface area contributed by atoms with Gasteiger partial charge in [0.2, 0.25) is 0 Å². The molecule has 1 unspecified atom stereocenters. The van der Waals surface area contributed by atoms with E-state index in [4.69, 9.17) is 32.7 Å². The van der Waals surface area contributed by atoms with Crippen LogP contribution in [0.2, 0.25) is 10.0 Å². The summed E-state index contributed by atoms with van der Waals surface area (Å²) in [6.45, 7) is 6.35. The number of ether oxygens (including phenoxy) is 2. The van der Waals surface area contributed by atoms with E-state index in [-0.39, 0.29) is 18.0 Å². The van der Waals surface area contributed by atoms with Crippen LogP contribution in [0.1, 0.15) is 60.8 Å². The highest BCUT2D eigenvalue weighted by Crippen LogP contribution is 2.31. The molecule has 0 spiro atoms. The maximum Gasteiger partial charge on any atom is 0.337 e. The van der Waals surface area contributed by atoms with Gasteiger partial charge in [0, 0.05) is 18.8 Å². The van der Waals surface area contributed by atoms with Gasteiger partial charge in [-0.25, -0.2) is 9.48 Å². The first-order valence-corrected chi connectivity index (χ1v) is 12.6. The molecule has 0 N–H and O–H groups in total. The van der Waals surface area contributed by atoms with Crippen LogP contribution in [0.5, 0.6) is 0 Å². The molecule has 1 atom stereocenters. The monoisotopic (exact) mass is 516 g/mol. The fraction of sp³-hybridized carbons (Fsp3) is 0.423. The van der Waals surface area contributed by atoms with Crippen molar-refractivity contribution >= 4 is 34.9 Å². The number of hydrogen-bond donors (Lipinski definition) is 0. The Morgan fingerprint density at radius 2 is 1.80 bits per heavy atom. The largest absolute Gasteiger partial charge is 0.465 e. The number of aromatic nitrogens is 3. The Kier molecular flexibility index (Phi) is 8.31. The first kappa shape index (κ1) is 25.5. The smallest absolute Gasteiger partial charge is 0.337 e. The minimum atomic E-state index is -0.326. The molecule has 0 aliphatic carbocycles. The van der Waals surface area contributed by atoms with E-state index in [1.807, 2.05) is 30.3 Å². The summed E-state index contributed by atoms with van der Waals surface area (Å²) in [5.41, 5.74) is 4.01. The molecule has 1 aliphatic rings. The van der Waals surface area contributed by atoms with Gasteiger partial charge in [-0.2, -0.15) is 0 Å². The van der Waals surface area contributed by atoms with Gasteiger partial charge in [0.25, 0.3) is 0 Å². The zero-order chi connectivity index (χ0) is 24.9. The van der Waals surface area contributed by atoms with Crippen LogP contribution in [-0.2, 0) is 16.1 Å². The Labute approximate surface area is 215 Å². The van der Waals surface area contributed by atoms with Crippen LogP contribution in [0, 0.1) is 0 Å². The van der Waals surface area contributed by atoms with Crippen LogP contribution in [0.25, 0.3) is 5.69 Å². The van der Waals surface area contributed by atoms with Crippen molar-refractivity contribution in [2.75, 3.05) is 25.1 Å². The van der Waals surface area contributed by atoms with E-state index >= 15 is 0 Å². The predicted molar refractivity (Wildman–Crippen MR) is 138 cm³/mol. The number of carbonyl (C=O) groups is 1. The van der Waals surface area contributed by atoms with E-state index in [2.05, 4.69) is 29.1 Å². The van der Waals surface area contributed by atoms with E-state index < -0.39 is 0 Å². The second-order valence-corrected chi connectivity index (χ2v) is 9.76. The zero-order valence-electron chi connectivity index (χ0n) is 20.2. The normalized spacial score (nSPS) is 16.4. The fourth-order valence-electron chi connectivity index (χ4n) is 4.38. The minimum absolute atomic E-state index is 0.111. The zero-order valence-corrected chi connectivity index (χ0v) is 21.7. The molecular weight excluding hydrogens is 487 g/mol. The topological polar surface area (TPSA) is 69.5 Å². The van der Waals surface area contributed by atoms with E-state index in [9.17, 15) is 4.79 Å². The third kappa shape index (κ3) is 5.80. The molecule has 2 heterocycles. The van der Waals surface area contributed by atoms with Crippen molar-refractivity contribution in [3.05, 3.63) is 69.5 Å². The Balaban J connectivity index is 1.45. The van der Waals surface area contributed by atoms with Crippen molar-refractivity contribution < 1.29 is 14.3 Å². The third-order valence-electron chi connectivity index (χ3n) is 6.27. The summed E-state index contributed by atoms with van der Waals surface area (Å²) in [4.78, 5) is 14.0. The molecule has 1 aliphatic heterocycles. The number of para-hydroxylation sites is 1. The second-order valence-electron chi connectivity index (χ2n) is 8.95. The molecule has 2 aromatic carbocycles. The number of benzene rings is 2. The number of hydrogen-bond acceptors (Lipinski definition) is 6. The fourth-order valence-corrected chi connectivity index (χ4v) is 4.94. The summed E-state index contributed by atoms with van der Waals surface area (Å²) in [5.74, 6) is -0.144. The molecule has 1 fully saturated rings. The van der Waals surface area contributed by atoms with Gasteiger partial charge in [0.15, 0.2) is 0 Å². The molecule has 186 valence electrons. The van der Waals surface area contributed by atoms with Crippen molar-refractivity contribution in [1.82, 2.24) is 15.0 Å². The lowest BCUT2D eigenvalue weighted by Gasteiger charge is -2.23. The van der Waals surface area contributed by atoms with E-state index in [0.717, 1.165) is 49.4 Å². The number of anilines is 1. The lowest BCUT2D eigenvalue weighted by atomic mass is 10.1. The molecule has 1 aromatic heterocycles. The standard InChI is InChI=1S/C26H30Cl2N4O3/c1-17(2)24-23(32(30-29-24)25-21(27)7-4-8-22(25)28)16-35-20-6-5-14-31(15-13-20)19-11-9-18(10-12-19)26(33)34-3/h4,7-12,17,20H,5-6,13-16H2,1-3H3. The molecular formula is C26H30Cl2N4O3. The molecule has 35 heavy (non-hydrogen) atoms. The average Bonchev–Trinajstić information content (AvgIpc) is 3.12. The summed E-state index contributed by atoms with van der Waals surface area (Å²) in [5, 5.41) is 9.81. The molecule has 7 nitrogen and oxygen atoms in total. The maximum atomic E-state index is 11.7. The number of rotatable bonds is 7. The Morgan fingerprint density at radius 3 is 2.46 bits per heavy atom. The first-order valence-electron chi connectivity index (χ1n) is 11.8. The van der Waals surface area contributed by atoms with Crippen molar-refractivity contribution in [3.8, 4) is 5.69 Å². The molecule has 1 saturated heterocycles. The Morgan fingerprint density at radius 1 is 1.09 bits per heavy atom. The van der Waals surface area contributed by atoms with Crippen molar-refractivity contribution in [2.45, 2.75) is 51.7 Å². The summed E-state index contributed by atoms with van der Waals surface area (Å²) in [6, 6.07) is 13.0. The summed E-state index contributed by atoms with van der Waals surface area (Å²) >= 11 is 12.9. The summed E-state index contributed by atoms with van der Waals surface area (Å²) in [6.07, 6.45) is 2.97. The lowest BCUT2D eigenvalue weighted by molar-refractivity contribution is 0.0301. The van der Waals surface area contributed by atoms with E-state index in [1.165, 1.54) is 7.11 Å². The SMILES string of the molecule is COC(=O)c1ccc(N2CCCC(OCc3c(C(C)C)nnn3-c3c(Cl)cccc3Cl)CC2)cc1. The first-order chi connectivity index (χ1) is 16.9. The van der Waals surface area contributed by atoms with Crippen molar-refractivity contribution in [1.29, 1.82) is 0 Å². The van der Waals surface area contributed by atoms with Crippen LogP contribution < -0.4 is 4.90 Å². The Bertz CT molecular complexity index is 1140. The van der Waals surface area contributed by atoms with Gasteiger partial charge in [-0.3, -0.25) is 0 Å². The highest BCUT2D eigenvalue weighted by Gasteiger charge is 2.23. The van der Waals surface area contributed by atoms with E-state index in [1.54, 1.807) is 16.8 Å². The van der Waals surface area contributed by atoms with Crippen LogP contribution in [-0.4, -0.2) is 47.3 Å². The van der Waals surface area contributed by atoms with Gasteiger partial charge in [-0.15, -0.1) is 5.10 Å². The highest BCUT2D eigenvalue weighted by molar-refractivity contribution is 6.37. The van der Waals surface area contributed by atoms with Gasteiger partial charge in [-0.05, 0) is 61.6 Å². The van der Waals surface area contributed by atoms with Gasteiger partial charge >= 0.3 is 5.97 Å². The molecule has 0 bridgehead atoms. The van der Waals surface area contributed by atoms with Gasteiger partial charge in [0.1, 0.15) is 5.69 Å². The number of esters is 1. The number of halogens is 2. The van der Waals surface area contributed by atoms with Gasteiger partial charge in [0.05, 0.1) is 46.8 Å². The van der Waals surface area contributed by atoms with Gasteiger partial charge in [-0.1, -0.05) is 48.3 Å². The molecule has 0 radical (unpaired) electrons. The molecule has 4 rings (SSSR count). The predicted octanol–water partition coefficient (Wildman–Crippen LogP) is 6.06. The summed E-state index contributed by atoms with van der Waals surface area (Å²) < 4.78 is 12.9. The maximum absolute atomic E-state index is 11.7. The van der Waals surface area contributed by atoms with Gasteiger partial charge < -0.3 is 14.4 Å². The van der Waals surface area contributed by atoms with Crippen LogP contribution >= 0.6 is 23.2 Å². The minimum Gasteiger partial charge on any atom is -0.465 e. The number of methoxy groups -OCH3 is 1. The average molecular weight is 517 g/mol. The molecule has 9 heteroatoms.